The average Bonchev–Trinajstić information content (AvgIpc) is 2.82. The third-order valence-electron chi connectivity index (χ3n) is 2.63. The molecule has 0 fully saturated rings. The highest BCUT2D eigenvalue weighted by Gasteiger charge is 2.09. The molecule has 98 valence electrons. The summed E-state index contributed by atoms with van der Waals surface area (Å²) in [5, 5.41) is 9.69. The van der Waals surface area contributed by atoms with Gasteiger partial charge in [-0.1, -0.05) is 0 Å². The summed E-state index contributed by atoms with van der Waals surface area (Å²) in [5.74, 6) is 0.252. The van der Waals surface area contributed by atoms with E-state index in [0.717, 1.165) is 4.88 Å². The molecule has 0 aliphatic carbocycles. The summed E-state index contributed by atoms with van der Waals surface area (Å²) in [4.78, 5) is 14.2. The second-order valence-corrected chi connectivity index (χ2v) is 5.35. The number of hydrogen-bond donors (Lipinski definition) is 1. The van der Waals surface area contributed by atoms with Gasteiger partial charge in [0.15, 0.2) is 5.78 Å². The van der Waals surface area contributed by atoms with Crippen LogP contribution in [-0.4, -0.2) is 18.0 Å². The maximum absolute atomic E-state index is 12.0. The maximum Gasteiger partial charge on any atom is 0.189 e. The van der Waals surface area contributed by atoms with Gasteiger partial charge in [0.25, 0.3) is 0 Å². The first-order valence-electron chi connectivity index (χ1n) is 5.76. The van der Waals surface area contributed by atoms with Gasteiger partial charge < -0.3 is 9.84 Å². The van der Waals surface area contributed by atoms with E-state index in [4.69, 9.17) is 4.74 Å². The van der Waals surface area contributed by atoms with Gasteiger partial charge in [0.1, 0.15) is 11.5 Å². The van der Waals surface area contributed by atoms with Gasteiger partial charge in [-0.2, -0.15) is 0 Å². The van der Waals surface area contributed by atoms with E-state index in [-0.39, 0.29) is 17.1 Å². The molecule has 1 heterocycles. The molecule has 0 atom stereocenters. The largest absolute Gasteiger partial charge is 0.507 e. The standard InChI is InChI=1S/C15H14O3S/c1-10-3-5-12(19-10)6-8-15(17)13-9-11(18-2)4-7-14(13)16/h3-9,16H,1-2H3/b8-6+. The number of benzene rings is 1. The van der Waals surface area contributed by atoms with E-state index in [1.807, 2.05) is 19.1 Å². The molecule has 0 saturated carbocycles. The topological polar surface area (TPSA) is 46.5 Å². The molecule has 0 unspecified atom stereocenters. The van der Waals surface area contributed by atoms with Crippen LogP contribution < -0.4 is 4.74 Å². The lowest BCUT2D eigenvalue weighted by molar-refractivity contribution is 0.104. The number of aryl methyl sites for hydroxylation is 1. The van der Waals surface area contributed by atoms with Crippen LogP contribution in [0.3, 0.4) is 0 Å². The van der Waals surface area contributed by atoms with Crippen LogP contribution in [0.25, 0.3) is 6.08 Å². The fourth-order valence-corrected chi connectivity index (χ4v) is 2.41. The number of phenols is 1. The van der Waals surface area contributed by atoms with Gasteiger partial charge in [-0.3, -0.25) is 4.79 Å². The number of hydrogen-bond acceptors (Lipinski definition) is 4. The van der Waals surface area contributed by atoms with Crippen LogP contribution in [0.4, 0.5) is 0 Å². The number of carbonyl (C=O) groups is 1. The van der Waals surface area contributed by atoms with Crippen LogP contribution in [0.15, 0.2) is 36.4 Å². The lowest BCUT2D eigenvalue weighted by Crippen LogP contribution is -1.96. The zero-order chi connectivity index (χ0) is 13.8. The van der Waals surface area contributed by atoms with Crippen molar-refractivity contribution in [1.82, 2.24) is 0 Å². The minimum atomic E-state index is -0.248. The Morgan fingerprint density at radius 3 is 2.74 bits per heavy atom. The predicted molar refractivity (Wildman–Crippen MR) is 77.1 cm³/mol. The summed E-state index contributed by atoms with van der Waals surface area (Å²) in [6, 6.07) is 8.54. The number of ketones is 1. The van der Waals surface area contributed by atoms with Crippen LogP contribution in [0.5, 0.6) is 11.5 Å². The zero-order valence-electron chi connectivity index (χ0n) is 10.7. The Hall–Kier alpha value is -2.07. The van der Waals surface area contributed by atoms with E-state index in [1.54, 1.807) is 23.5 Å². The monoisotopic (exact) mass is 274 g/mol. The highest BCUT2D eigenvalue weighted by atomic mass is 32.1. The molecule has 1 N–H and O–H groups in total. The molecule has 1 aromatic heterocycles. The van der Waals surface area contributed by atoms with Gasteiger partial charge in [-0.25, -0.2) is 0 Å². The number of methoxy groups -OCH3 is 1. The Labute approximate surface area is 115 Å². The molecular weight excluding hydrogens is 260 g/mol. The molecule has 2 aromatic rings. The summed E-state index contributed by atoms with van der Waals surface area (Å²) >= 11 is 1.61. The van der Waals surface area contributed by atoms with Crippen LogP contribution in [-0.2, 0) is 0 Å². The third-order valence-corrected chi connectivity index (χ3v) is 3.60. The summed E-state index contributed by atoms with van der Waals surface area (Å²) in [5.41, 5.74) is 0.240. The summed E-state index contributed by atoms with van der Waals surface area (Å²) in [6.07, 6.45) is 3.21. The van der Waals surface area contributed by atoms with Crippen molar-refractivity contribution in [3.8, 4) is 11.5 Å². The number of phenolic OH excluding ortho intramolecular Hbond substituents is 1. The Morgan fingerprint density at radius 2 is 2.11 bits per heavy atom. The number of carbonyl (C=O) groups excluding carboxylic acids is 1. The molecule has 4 heteroatoms. The SMILES string of the molecule is COc1ccc(O)c(C(=O)/C=C/c2ccc(C)s2)c1. The first-order valence-corrected chi connectivity index (χ1v) is 6.57. The zero-order valence-corrected chi connectivity index (χ0v) is 11.5. The molecule has 3 nitrogen and oxygen atoms in total. The molecule has 0 radical (unpaired) electrons. The van der Waals surface area contributed by atoms with Gasteiger partial charge in [0.2, 0.25) is 0 Å². The van der Waals surface area contributed by atoms with Crippen molar-refractivity contribution in [2.24, 2.45) is 0 Å². The Morgan fingerprint density at radius 1 is 1.32 bits per heavy atom. The van der Waals surface area contributed by atoms with Crippen LogP contribution in [0, 0.1) is 6.92 Å². The van der Waals surface area contributed by atoms with E-state index in [2.05, 4.69) is 0 Å². The van der Waals surface area contributed by atoms with Crippen molar-refractivity contribution in [1.29, 1.82) is 0 Å². The van der Waals surface area contributed by atoms with Crippen molar-refractivity contribution >= 4 is 23.2 Å². The third kappa shape index (κ3) is 3.23. The molecule has 2 rings (SSSR count). The van der Waals surface area contributed by atoms with Gasteiger partial charge in [0.05, 0.1) is 12.7 Å². The lowest BCUT2D eigenvalue weighted by atomic mass is 10.1. The first kappa shape index (κ1) is 13.4. The Kier molecular flexibility index (Phi) is 4.02. The number of allylic oxidation sites excluding steroid dienone is 1. The van der Waals surface area contributed by atoms with Crippen LogP contribution in [0.2, 0.25) is 0 Å². The second kappa shape index (κ2) is 5.71. The molecule has 0 spiro atoms. The minimum absolute atomic E-state index is 0.0437. The average molecular weight is 274 g/mol. The van der Waals surface area contributed by atoms with Crippen molar-refractivity contribution in [3.05, 3.63) is 51.7 Å². The molecule has 19 heavy (non-hydrogen) atoms. The normalized spacial score (nSPS) is 10.8. The molecule has 0 bridgehead atoms. The minimum Gasteiger partial charge on any atom is -0.507 e. The molecular formula is C15H14O3S. The van der Waals surface area contributed by atoms with E-state index in [1.165, 1.54) is 30.2 Å². The fraction of sp³-hybridized carbons (Fsp3) is 0.133. The Balaban J connectivity index is 2.22. The summed E-state index contributed by atoms with van der Waals surface area (Å²) < 4.78 is 5.04. The van der Waals surface area contributed by atoms with Crippen LogP contribution in [0.1, 0.15) is 20.1 Å². The van der Waals surface area contributed by atoms with Gasteiger partial charge in [0, 0.05) is 9.75 Å². The van der Waals surface area contributed by atoms with Gasteiger partial charge in [-0.05, 0) is 49.4 Å². The predicted octanol–water partition coefficient (Wildman–Crippen LogP) is 3.67. The number of ether oxygens (including phenoxy) is 1. The molecule has 0 amide bonds. The van der Waals surface area contributed by atoms with Gasteiger partial charge >= 0.3 is 0 Å². The van der Waals surface area contributed by atoms with Crippen molar-refractivity contribution < 1.29 is 14.6 Å². The highest BCUT2D eigenvalue weighted by Crippen LogP contribution is 2.24. The van der Waals surface area contributed by atoms with Gasteiger partial charge in [-0.15, -0.1) is 11.3 Å². The summed E-state index contributed by atoms with van der Waals surface area (Å²) in [6.45, 7) is 2.01. The van der Waals surface area contributed by atoms with E-state index in [0.29, 0.717) is 5.75 Å². The lowest BCUT2D eigenvalue weighted by Gasteiger charge is -2.04. The van der Waals surface area contributed by atoms with Crippen molar-refractivity contribution in [2.45, 2.75) is 6.92 Å². The van der Waals surface area contributed by atoms with E-state index < -0.39 is 0 Å². The number of aromatic hydroxyl groups is 1. The van der Waals surface area contributed by atoms with Crippen molar-refractivity contribution in [3.63, 3.8) is 0 Å². The molecule has 0 aliphatic rings. The summed E-state index contributed by atoms with van der Waals surface area (Å²) in [7, 11) is 1.52. The smallest absolute Gasteiger partial charge is 0.189 e. The highest BCUT2D eigenvalue weighted by molar-refractivity contribution is 7.12. The molecule has 0 aliphatic heterocycles. The molecule has 1 aromatic carbocycles. The molecule has 0 saturated heterocycles. The van der Waals surface area contributed by atoms with Crippen LogP contribution >= 0.6 is 11.3 Å². The fourth-order valence-electron chi connectivity index (χ4n) is 1.63. The first-order chi connectivity index (χ1) is 9.10. The van der Waals surface area contributed by atoms with Crippen molar-refractivity contribution in [2.75, 3.05) is 7.11 Å². The van der Waals surface area contributed by atoms with E-state index in [9.17, 15) is 9.90 Å². The number of thiophene rings is 1. The second-order valence-electron chi connectivity index (χ2n) is 4.03. The number of rotatable bonds is 4. The van der Waals surface area contributed by atoms with E-state index >= 15 is 0 Å². The quantitative estimate of drug-likeness (QED) is 0.683. The Bertz CT molecular complexity index is 626. The maximum atomic E-state index is 12.0.